The lowest BCUT2D eigenvalue weighted by atomic mass is 10.1. The van der Waals surface area contributed by atoms with Gasteiger partial charge in [-0.15, -0.1) is 0 Å². The molecule has 0 aliphatic heterocycles. The average Bonchev–Trinajstić information content (AvgIpc) is 2.26. The smallest absolute Gasteiger partial charge is 0.243 e. The summed E-state index contributed by atoms with van der Waals surface area (Å²) >= 11 is 0. The molecule has 0 spiro atoms. The second-order valence-electron chi connectivity index (χ2n) is 4.10. The van der Waals surface area contributed by atoms with Gasteiger partial charge < -0.3 is 5.11 Å². The average molecular weight is 255 g/mol. The largest absolute Gasteiger partial charge is 0.389 e. The van der Waals surface area contributed by atoms with Gasteiger partial charge in [-0.05, 0) is 26.0 Å². The van der Waals surface area contributed by atoms with Crippen molar-refractivity contribution in [3.63, 3.8) is 0 Å². The summed E-state index contributed by atoms with van der Waals surface area (Å²) in [5.41, 5.74) is -1.34. The van der Waals surface area contributed by atoms with E-state index in [0.29, 0.717) is 0 Å². The van der Waals surface area contributed by atoms with E-state index in [-0.39, 0.29) is 17.1 Å². The number of rotatable bonds is 4. The Balaban J connectivity index is 3.03. The van der Waals surface area contributed by atoms with Crippen LogP contribution in [0.15, 0.2) is 23.2 Å². The van der Waals surface area contributed by atoms with Crippen molar-refractivity contribution in [3.8, 4) is 6.07 Å². The molecule has 0 unspecified atom stereocenters. The summed E-state index contributed by atoms with van der Waals surface area (Å²) in [7, 11) is -3.83. The number of nitriles is 1. The fourth-order valence-electron chi connectivity index (χ4n) is 1.04. The van der Waals surface area contributed by atoms with Gasteiger partial charge in [0, 0.05) is 12.7 Å². The van der Waals surface area contributed by atoms with Crippen LogP contribution in [-0.4, -0.2) is 30.7 Å². The second-order valence-corrected chi connectivity index (χ2v) is 5.83. The van der Waals surface area contributed by atoms with Gasteiger partial charge in [-0.25, -0.2) is 18.1 Å². The predicted octanol–water partition coefficient (Wildman–Crippen LogP) is 0.00248. The molecule has 92 valence electrons. The van der Waals surface area contributed by atoms with Gasteiger partial charge in [-0.3, -0.25) is 0 Å². The number of nitrogens with one attached hydrogen (secondary N) is 1. The molecule has 0 saturated heterocycles. The molecular weight excluding hydrogens is 242 g/mol. The lowest BCUT2D eigenvalue weighted by molar-refractivity contribution is 0.0857. The number of aliphatic hydroxyl groups is 1. The standard InChI is InChI=1S/C10H13N3O3S/c1-10(2,14)7-13-17(15,16)9-4-3-5-12-8(9)6-11/h3-5,13-14H,7H2,1-2H3. The van der Waals surface area contributed by atoms with E-state index in [1.807, 2.05) is 0 Å². The zero-order chi connectivity index (χ0) is 13.1. The van der Waals surface area contributed by atoms with Gasteiger partial charge >= 0.3 is 0 Å². The minimum atomic E-state index is -3.83. The number of pyridine rings is 1. The van der Waals surface area contributed by atoms with E-state index >= 15 is 0 Å². The molecule has 0 amide bonds. The first-order chi connectivity index (χ1) is 7.76. The number of hydrogen-bond donors (Lipinski definition) is 2. The summed E-state index contributed by atoms with van der Waals surface area (Å²) in [5, 5.41) is 18.2. The van der Waals surface area contributed by atoms with E-state index in [2.05, 4.69) is 9.71 Å². The minimum Gasteiger partial charge on any atom is -0.389 e. The number of aromatic nitrogens is 1. The van der Waals surface area contributed by atoms with E-state index in [9.17, 15) is 13.5 Å². The lowest BCUT2D eigenvalue weighted by Crippen LogP contribution is -2.38. The molecule has 1 rings (SSSR count). The molecule has 2 N–H and O–H groups in total. The summed E-state index contributed by atoms with van der Waals surface area (Å²) in [6, 6.07) is 4.43. The van der Waals surface area contributed by atoms with Gasteiger partial charge in [0.1, 0.15) is 11.0 Å². The first-order valence-electron chi connectivity index (χ1n) is 4.83. The number of hydrogen-bond acceptors (Lipinski definition) is 5. The number of sulfonamides is 1. The summed E-state index contributed by atoms with van der Waals surface area (Å²) in [6.45, 7) is 2.81. The maximum absolute atomic E-state index is 11.8. The molecular formula is C10H13N3O3S. The Kier molecular flexibility index (Phi) is 3.83. The molecule has 0 saturated carbocycles. The summed E-state index contributed by atoms with van der Waals surface area (Å²) in [5.74, 6) is 0. The SMILES string of the molecule is CC(C)(O)CNS(=O)(=O)c1cccnc1C#N. The Labute approximate surface area is 100.0 Å². The Hall–Kier alpha value is -1.49. The molecule has 0 atom stereocenters. The van der Waals surface area contributed by atoms with Crippen molar-refractivity contribution in [3.05, 3.63) is 24.0 Å². The van der Waals surface area contributed by atoms with Gasteiger partial charge in [-0.2, -0.15) is 5.26 Å². The quantitative estimate of drug-likeness (QED) is 0.788. The van der Waals surface area contributed by atoms with Gasteiger partial charge in [0.05, 0.1) is 5.60 Å². The Morgan fingerprint density at radius 1 is 1.59 bits per heavy atom. The van der Waals surface area contributed by atoms with Crippen LogP contribution < -0.4 is 4.72 Å². The molecule has 1 aromatic rings. The van der Waals surface area contributed by atoms with Crippen LogP contribution in [0.1, 0.15) is 19.5 Å². The molecule has 0 bridgehead atoms. The molecule has 17 heavy (non-hydrogen) atoms. The van der Waals surface area contributed by atoms with Gasteiger partial charge in [0.15, 0.2) is 5.69 Å². The van der Waals surface area contributed by atoms with E-state index in [0.717, 1.165) is 0 Å². The lowest BCUT2D eigenvalue weighted by Gasteiger charge is -2.17. The molecule has 0 aromatic carbocycles. The zero-order valence-corrected chi connectivity index (χ0v) is 10.3. The van der Waals surface area contributed by atoms with Crippen LogP contribution in [-0.2, 0) is 10.0 Å². The molecule has 1 aromatic heterocycles. The van der Waals surface area contributed by atoms with Crippen molar-refractivity contribution in [2.45, 2.75) is 24.3 Å². The number of nitrogens with zero attached hydrogens (tertiary/aromatic N) is 2. The van der Waals surface area contributed by atoms with Crippen molar-refractivity contribution in [1.29, 1.82) is 5.26 Å². The van der Waals surface area contributed by atoms with E-state index in [1.165, 1.54) is 32.2 Å². The maximum Gasteiger partial charge on any atom is 0.243 e. The van der Waals surface area contributed by atoms with E-state index in [4.69, 9.17) is 5.26 Å². The summed E-state index contributed by atoms with van der Waals surface area (Å²) < 4.78 is 25.9. The van der Waals surface area contributed by atoms with Gasteiger partial charge in [-0.1, -0.05) is 0 Å². The highest BCUT2D eigenvalue weighted by Crippen LogP contribution is 2.12. The highest BCUT2D eigenvalue weighted by molar-refractivity contribution is 7.89. The van der Waals surface area contributed by atoms with Crippen LogP contribution in [0.5, 0.6) is 0 Å². The van der Waals surface area contributed by atoms with Crippen molar-refractivity contribution in [1.82, 2.24) is 9.71 Å². The van der Waals surface area contributed by atoms with Crippen molar-refractivity contribution < 1.29 is 13.5 Å². The van der Waals surface area contributed by atoms with Crippen LogP contribution >= 0.6 is 0 Å². The molecule has 1 heterocycles. The van der Waals surface area contributed by atoms with Gasteiger partial charge in [0.25, 0.3) is 0 Å². The van der Waals surface area contributed by atoms with E-state index < -0.39 is 15.6 Å². The topological polar surface area (TPSA) is 103 Å². The monoisotopic (exact) mass is 255 g/mol. The van der Waals surface area contributed by atoms with Crippen molar-refractivity contribution in [2.75, 3.05) is 6.54 Å². The van der Waals surface area contributed by atoms with Crippen LogP contribution in [0.3, 0.4) is 0 Å². The van der Waals surface area contributed by atoms with Crippen LogP contribution in [0.2, 0.25) is 0 Å². The molecule has 6 nitrogen and oxygen atoms in total. The fourth-order valence-corrected chi connectivity index (χ4v) is 2.35. The van der Waals surface area contributed by atoms with Crippen molar-refractivity contribution >= 4 is 10.0 Å². The highest BCUT2D eigenvalue weighted by Gasteiger charge is 2.22. The zero-order valence-electron chi connectivity index (χ0n) is 9.51. The summed E-state index contributed by atoms with van der Waals surface area (Å²) in [4.78, 5) is 3.48. The molecule has 0 aliphatic rings. The highest BCUT2D eigenvalue weighted by atomic mass is 32.2. The molecule has 0 radical (unpaired) electrons. The summed E-state index contributed by atoms with van der Waals surface area (Å²) in [6.07, 6.45) is 1.34. The fraction of sp³-hybridized carbons (Fsp3) is 0.400. The van der Waals surface area contributed by atoms with Crippen LogP contribution in [0.25, 0.3) is 0 Å². The molecule has 7 heteroatoms. The first kappa shape index (κ1) is 13.6. The normalized spacial score (nSPS) is 12.1. The molecule has 0 aliphatic carbocycles. The Morgan fingerprint density at radius 3 is 2.76 bits per heavy atom. The van der Waals surface area contributed by atoms with E-state index in [1.54, 1.807) is 6.07 Å². The predicted molar refractivity (Wildman–Crippen MR) is 60.4 cm³/mol. The van der Waals surface area contributed by atoms with Crippen LogP contribution in [0, 0.1) is 11.3 Å². The third-order valence-corrected chi connectivity index (χ3v) is 3.29. The minimum absolute atomic E-state index is 0.144. The third kappa shape index (κ3) is 3.78. The van der Waals surface area contributed by atoms with Crippen molar-refractivity contribution in [2.24, 2.45) is 0 Å². The molecule has 0 fully saturated rings. The Bertz CT molecular complexity index is 541. The van der Waals surface area contributed by atoms with Gasteiger partial charge in [0.2, 0.25) is 10.0 Å². The third-order valence-electron chi connectivity index (χ3n) is 1.86. The Morgan fingerprint density at radius 2 is 2.24 bits per heavy atom. The van der Waals surface area contributed by atoms with Crippen LogP contribution in [0.4, 0.5) is 0 Å². The maximum atomic E-state index is 11.8. The second kappa shape index (κ2) is 4.79. The first-order valence-corrected chi connectivity index (χ1v) is 6.32.